The van der Waals surface area contributed by atoms with Gasteiger partial charge in [-0.1, -0.05) is 54.9 Å². The zero-order valence-electron chi connectivity index (χ0n) is 14.4. The predicted molar refractivity (Wildman–Crippen MR) is 83.7 cm³/mol. The third-order valence-electron chi connectivity index (χ3n) is 4.83. The normalized spacial score (nSPS) is 17.7. The Morgan fingerprint density at radius 1 is 0.889 bits per heavy atom. The Morgan fingerprint density at radius 2 is 1.33 bits per heavy atom. The SMILES string of the molecule is CCC(C)CC(C)(C)C(C)C(C)(C)CC(C)(C)N. The fourth-order valence-corrected chi connectivity index (χ4v) is 3.60. The minimum absolute atomic E-state index is 0.0792. The van der Waals surface area contributed by atoms with E-state index in [-0.39, 0.29) is 11.0 Å². The Morgan fingerprint density at radius 3 is 1.67 bits per heavy atom. The van der Waals surface area contributed by atoms with Crippen molar-refractivity contribution in [2.75, 3.05) is 0 Å². The van der Waals surface area contributed by atoms with Crippen molar-refractivity contribution in [3.05, 3.63) is 0 Å². The van der Waals surface area contributed by atoms with Gasteiger partial charge < -0.3 is 5.73 Å². The molecule has 18 heavy (non-hydrogen) atoms. The van der Waals surface area contributed by atoms with Crippen LogP contribution in [-0.2, 0) is 0 Å². The van der Waals surface area contributed by atoms with Gasteiger partial charge in [-0.3, -0.25) is 0 Å². The van der Waals surface area contributed by atoms with Crippen LogP contribution in [0.5, 0.6) is 0 Å². The van der Waals surface area contributed by atoms with E-state index in [1.807, 2.05) is 0 Å². The van der Waals surface area contributed by atoms with Crippen molar-refractivity contribution in [1.29, 1.82) is 0 Å². The lowest BCUT2D eigenvalue weighted by molar-refractivity contribution is 0.0469. The summed E-state index contributed by atoms with van der Waals surface area (Å²) in [5, 5.41) is 0. The van der Waals surface area contributed by atoms with Crippen LogP contribution in [0.1, 0.15) is 81.6 Å². The van der Waals surface area contributed by atoms with Crippen LogP contribution in [0, 0.1) is 22.7 Å². The van der Waals surface area contributed by atoms with E-state index in [4.69, 9.17) is 5.73 Å². The van der Waals surface area contributed by atoms with Gasteiger partial charge in [0.1, 0.15) is 0 Å². The second-order valence-electron chi connectivity index (χ2n) is 8.58. The highest BCUT2D eigenvalue weighted by Gasteiger charge is 2.39. The van der Waals surface area contributed by atoms with Gasteiger partial charge in [0.2, 0.25) is 0 Å². The first-order valence-electron chi connectivity index (χ1n) is 7.60. The molecule has 0 saturated carbocycles. The molecule has 0 fully saturated rings. The molecule has 1 nitrogen and oxygen atoms in total. The Hall–Kier alpha value is -0.0400. The predicted octanol–water partition coefficient (Wildman–Crippen LogP) is 5.24. The van der Waals surface area contributed by atoms with Crippen LogP contribution in [0.3, 0.4) is 0 Å². The first kappa shape index (κ1) is 18.0. The summed E-state index contributed by atoms with van der Waals surface area (Å²) in [7, 11) is 0. The van der Waals surface area contributed by atoms with Crippen molar-refractivity contribution in [3.63, 3.8) is 0 Å². The molecule has 0 aliphatic carbocycles. The van der Waals surface area contributed by atoms with Gasteiger partial charge in [0.15, 0.2) is 0 Å². The lowest BCUT2D eigenvalue weighted by atomic mass is 9.60. The molecule has 1 heteroatoms. The molecule has 0 aliphatic rings. The van der Waals surface area contributed by atoms with Crippen molar-refractivity contribution in [2.24, 2.45) is 28.4 Å². The summed E-state index contributed by atoms with van der Waals surface area (Å²) in [5.74, 6) is 1.48. The van der Waals surface area contributed by atoms with Crippen LogP contribution in [0.2, 0.25) is 0 Å². The highest BCUT2D eigenvalue weighted by molar-refractivity contribution is 4.91. The molecule has 0 rings (SSSR count). The van der Waals surface area contributed by atoms with Gasteiger partial charge >= 0.3 is 0 Å². The van der Waals surface area contributed by atoms with E-state index in [2.05, 4.69) is 62.3 Å². The summed E-state index contributed by atoms with van der Waals surface area (Å²) in [4.78, 5) is 0. The Labute approximate surface area is 116 Å². The van der Waals surface area contributed by atoms with E-state index in [0.29, 0.717) is 11.3 Å². The lowest BCUT2D eigenvalue weighted by Gasteiger charge is -2.46. The molecule has 0 aliphatic heterocycles. The van der Waals surface area contributed by atoms with Crippen LogP contribution >= 0.6 is 0 Å². The first-order chi connectivity index (χ1) is 7.82. The standard InChI is InChI=1S/C17H37N/c1-10-13(2)11-15(4,5)14(3)16(6,7)12-17(8,9)18/h13-14H,10-12,18H2,1-9H3. The molecule has 0 bridgehead atoms. The molecule has 0 saturated heterocycles. The highest BCUT2D eigenvalue weighted by atomic mass is 14.7. The van der Waals surface area contributed by atoms with Gasteiger partial charge in [-0.15, -0.1) is 0 Å². The van der Waals surface area contributed by atoms with Gasteiger partial charge in [0.05, 0.1) is 0 Å². The summed E-state index contributed by atoms with van der Waals surface area (Å²) in [5.41, 5.74) is 6.82. The van der Waals surface area contributed by atoms with Crippen molar-refractivity contribution in [3.8, 4) is 0 Å². The summed E-state index contributed by atoms with van der Waals surface area (Å²) in [6, 6.07) is 0. The van der Waals surface area contributed by atoms with Gasteiger partial charge in [-0.05, 0) is 49.4 Å². The summed E-state index contributed by atoms with van der Waals surface area (Å²) in [6.07, 6.45) is 3.66. The third-order valence-corrected chi connectivity index (χ3v) is 4.83. The van der Waals surface area contributed by atoms with E-state index >= 15 is 0 Å². The first-order valence-corrected chi connectivity index (χ1v) is 7.60. The van der Waals surface area contributed by atoms with E-state index in [0.717, 1.165) is 12.3 Å². The molecule has 110 valence electrons. The molecule has 2 atom stereocenters. The van der Waals surface area contributed by atoms with Gasteiger partial charge in [-0.25, -0.2) is 0 Å². The van der Waals surface area contributed by atoms with Gasteiger partial charge in [-0.2, -0.15) is 0 Å². The molecule has 0 radical (unpaired) electrons. The van der Waals surface area contributed by atoms with Gasteiger partial charge in [0.25, 0.3) is 0 Å². The summed E-state index contributed by atoms with van der Waals surface area (Å²) < 4.78 is 0. The van der Waals surface area contributed by atoms with E-state index in [9.17, 15) is 0 Å². The molecule has 0 spiro atoms. The number of nitrogens with two attached hydrogens (primary N) is 1. The Balaban J connectivity index is 4.84. The van der Waals surface area contributed by atoms with Crippen molar-refractivity contribution in [2.45, 2.75) is 87.1 Å². The topological polar surface area (TPSA) is 26.0 Å². The molecular formula is C17H37N. The quantitative estimate of drug-likeness (QED) is 0.661. The Bertz CT molecular complexity index is 245. The maximum atomic E-state index is 6.23. The maximum absolute atomic E-state index is 6.23. The smallest absolute Gasteiger partial charge is 0.0102 e. The average Bonchev–Trinajstić information content (AvgIpc) is 2.11. The molecule has 0 amide bonds. The second-order valence-corrected chi connectivity index (χ2v) is 8.58. The molecule has 0 aromatic carbocycles. The summed E-state index contributed by atoms with van der Waals surface area (Å²) in [6.45, 7) is 21.0. The van der Waals surface area contributed by atoms with Crippen molar-refractivity contribution < 1.29 is 0 Å². The molecule has 0 aromatic heterocycles. The molecule has 0 heterocycles. The Kier molecular flexibility index (Phi) is 5.93. The van der Waals surface area contributed by atoms with E-state index in [1.54, 1.807) is 0 Å². The number of hydrogen-bond donors (Lipinski definition) is 1. The number of rotatable bonds is 7. The highest BCUT2D eigenvalue weighted by Crippen LogP contribution is 2.47. The zero-order valence-corrected chi connectivity index (χ0v) is 14.4. The van der Waals surface area contributed by atoms with Crippen LogP contribution in [0.25, 0.3) is 0 Å². The monoisotopic (exact) mass is 255 g/mol. The fraction of sp³-hybridized carbons (Fsp3) is 1.00. The minimum Gasteiger partial charge on any atom is -0.326 e. The van der Waals surface area contributed by atoms with Crippen molar-refractivity contribution in [1.82, 2.24) is 0 Å². The van der Waals surface area contributed by atoms with Crippen LogP contribution < -0.4 is 5.73 Å². The number of hydrogen-bond acceptors (Lipinski definition) is 1. The van der Waals surface area contributed by atoms with Crippen LogP contribution in [0.15, 0.2) is 0 Å². The van der Waals surface area contributed by atoms with E-state index < -0.39 is 0 Å². The molecule has 2 N–H and O–H groups in total. The minimum atomic E-state index is -0.0792. The third kappa shape index (κ3) is 5.73. The average molecular weight is 255 g/mol. The van der Waals surface area contributed by atoms with Crippen molar-refractivity contribution >= 4 is 0 Å². The fourth-order valence-electron chi connectivity index (χ4n) is 3.60. The van der Waals surface area contributed by atoms with Gasteiger partial charge in [0, 0.05) is 5.54 Å². The maximum Gasteiger partial charge on any atom is 0.0102 e. The van der Waals surface area contributed by atoms with Crippen LogP contribution in [-0.4, -0.2) is 5.54 Å². The van der Waals surface area contributed by atoms with E-state index in [1.165, 1.54) is 12.8 Å². The van der Waals surface area contributed by atoms with Crippen LogP contribution in [0.4, 0.5) is 0 Å². The molecule has 2 unspecified atom stereocenters. The zero-order chi connectivity index (χ0) is 14.8. The molecule has 0 aromatic rings. The second kappa shape index (κ2) is 5.94. The lowest BCUT2D eigenvalue weighted by Crippen LogP contribution is -2.43. The summed E-state index contributed by atoms with van der Waals surface area (Å²) >= 11 is 0. The molecular weight excluding hydrogens is 218 g/mol. The largest absolute Gasteiger partial charge is 0.326 e.